The maximum atomic E-state index is 12.5. The van der Waals surface area contributed by atoms with Gasteiger partial charge in [0.2, 0.25) is 0 Å². The summed E-state index contributed by atoms with van der Waals surface area (Å²) in [5.74, 6) is 0.944. The number of hydrogen-bond acceptors (Lipinski definition) is 6. The van der Waals surface area contributed by atoms with E-state index in [1.807, 2.05) is 56.3 Å². The molecule has 0 aliphatic carbocycles. The van der Waals surface area contributed by atoms with Crippen LogP contribution in [0.1, 0.15) is 23.0 Å². The summed E-state index contributed by atoms with van der Waals surface area (Å²) in [6.07, 6.45) is 0. The Labute approximate surface area is 159 Å². The Morgan fingerprint density at radius 2 is 2.00 bits per heavy atom. The van der Waals surface area contributed by atoms with E-state index in [9.17, 15) is 4.79 Å². The molecule has 2 aromatic carbocycles. The first kappa shape index (κ1) is 17.2. The van der Waals surface area contributed by atoms with E-state index in [1.54, 1.807) is 6.07 Å². The molecule has 2 heterocycles. The van der Waals surface area contributed by atoms with Crippen LogP contribution in [-0.2, 0) is 0 Å². The minimum atomic E-state index is -0.355. The second kappa shape index (κ2) is 7.20. The van der Waals surface area contributed by atoms with Crippen LogP contribution in [0.25, 0.3) is 21.5 Å². The summed E-state index contributed by atoms with van der Waals surface area (Å²) < 4.78 is 11.8. The molecule has 2 aromatic heterocycles. The smallest absolute Gasteiger partial charge is 0.279 e. The van der Waals surface area contributed by atoms with Crippen molar-refractivity contribution >= 4 is 32.6 Å². The van der Waals surface area contributed by atoms with Gasteiger partial charge in [-0.1, -0.05) is 22.6 Å². The number of benzene rings is 2. The molecule has 136 valence electrons. The zero-order valence-corrected chi connectivity index (χ0v) is 15.7. The molecule has 0 fully saturated rings. The van der Waals surface area contributed by atoms with E-state index in [2.05, 4.69) is 15.5 Å². The number of nitrogens with one attached hydrogen (secondary N) is 1. The average molecular weight is 379 g/mol. The first-order valence-corrected chi connectivity index (χ1v) is 9.32. The van der Waals surface area contributed by atoms with Crippen molar-refractivity contribution in [1.82, 2.24) is 10.1 Å². The minimum Gasteiger partial charge on any atom is -0.494 e. The standard InChI is InChI=1S/C20H17N3O3S/c1-3-25-14-7-5-13(6-8-14)17-11-16(23-26-17)19(24)22-20-21-15-9-4-12(2)10-18(15)27-20/h4-11H,3H2,1-2H3,(H,21,22,24). The molecule has 1 amide bonds. The van der Waals surface area contributed by atoms with Gasteiger partial charge in [0.15, 0.2) is 16.6 Å². The first-order chi connectivity index (χ1) is 13.1. The fraction of sp³-hybridized carbons (Fsp3) is 0.150. The highest BCUT2D eigenvalue weighted by Crippen LogP contribution is 2.28. The second-order valence-corrected chi connectivity index (χ2v) is 7.01. The molecule has 4 rings (SSSR count). The van der Waals surface area contributed by atoms with Gasteiger partial charge in [-0.15, -0.1) is 0 Å². The first-order valence-electron chi connectivity index (χ1n) is 8.51. The van der Waals surface area contributed by atoms with Gasteiger partial charge in [0, 0.05) is 11.6 Å². The van der Waals surface area contributed by atoms with Crippen LogP contribution in [0, 0.1) is 6.92 Å². The highest BCUT2D eigenvalue weighted by Gasteiger charge is 2.16. The molecule has 0 aliphatic heterocycles. The van der Waals surface area contributed by atoms with Crippen molar-refractivity contribution in [3.63, 3.8) is 0 Å². The lowest BCUT2D eigenvalue weighted by Crippen LogP contribution is -2.11. The van der Waals surface area contributed by atoms with Crippen LogP contribution in [-0.4, -0.2) is 22.7 Å². The summed E-state index contributed by atoms with van der Waals surface area (Å²) in [7, 11) is 0. The molecular formula is C20H17N3O3S. The van der Waals surface area contributed by atoms with Crippen molar-refractivity contribution in [2.75, 3.05) is 11.9 Å². The quantitative estimate of drug-likeness (QED) is 0.533. The number of ether oxygens (including phenoxy) is 1. The summed E-state index contributed by atoms with van der Waals surface area (Å²) in [6.45, 7) is 4.56. The number of anilines is 1. The Bertz CT molecular complexity index is 1100. The number of thiazole rings is 1. The molecule has 1 N–H and O–H groups in total. The summed E-state index contributed by atoms with van der Waals surface area (Å²) in [4.78, 5) is 16.9. The normalized spacial score (nSPS) is 10.9. The number of carbonyl (C=O) groups excluding carboxylic acids is 1. The zero-order valence-electron chi connectivity index (χ0n) is 14.9. The Kier molecular flexibility index (Phi) is 4.60. The van der Waals surface area contributed by atoms with Crippen molar-refractivity contribution in [3.8, 4) is 17.1 Å². The van der Waals surface area contributed by atoms with E-state index in [4.69, 9.17) is 9.26 Å². The Hall–Kier alpha value is -3.19. The van der Waals surface area contributed by atoms with E-state index >= 15 is 0 Å². The molecule has 4 aromatic rings. The number of nitrogens with zero attached hydrogens (tertiary/aromatic N) is 2. The van der Waals surface area contributed by atoms with Gasteiger partial charge in [0.1, 0.15) is 5.75 Å². The van der Waals surface area contributed by atoms with Crippen LogP contribution in [0.15, 0.2) is 53.1 Å². The van der Waals surface area contributed by atoms with E-state index in [1.165, 1.54) is 11.3 Å². The molecule has 0 saturated carbocycles. The molecule has 7 heteroatoms. The van der Waals surface area contributed by atoms with Gasteiger partial charge < -0.3 is 9.26 Å². The Balaban J connectivity index is 1.50. The third-order valence-electron chi connectivity index (χ3n) is 3.96. The zero-order chi connectivity index (χ0) is 18.8. The van der Waals surface area contributed by atoms with Crippen molar-refractivity contribution < 1.29 is 14.1 Å². The Morgan fingerprint density at radius 1 is 1.19 bits per heavy atom. The lowest BCUT2D eigenvalue weighted by molar-refractivity contribution is 0.101. The molecule has 0 unspecified atom stereocenters. The number of fused-ring (bicyclic) bond motifs is 1. The fourth-order valence-corrected chi connectivity index (χ4v) is 3.61. The average Bonchev–Trinajstić information content (AvgIpc) is 3.29. The molecule has 0 bridgehead atoms. The number of carbonyl (C=O) groups is 1. The minimum absolute atomic E-state index is 0.203. The van der Waals surface area contributed by atoms with Crippen molar-refractivity contribution in [1.29, 1.82) is 0 Å². The molecular weight excluding hydrogens is 362 g/mol. The SMILES string of the molecule is CCOc1ccc(-c2cc(C(=O)Nc3nc4ccc(C)cc4s3)no2)cc1. The second-order valence-electron chi connectivity index (χ2n) is 5.98. The van der Waals surface area contributed by atoms with Crippen molar-refractivity contribution in [2.45, 2.75) is 13.8 Å². The molecule has 0 radical (unpaired) electrons. The predicted molar refractivity (Wildman–Crippen MR) is 105 cm³/mol. The number of rotatable bonds is 5. The summed E-state index contributed by atoms with van der Waals surface area (Å²) in [5, 5.41) is 7.19. The van der Waals surface area contributed by atoms with Crippen molar-refractivity contribution in [3.05, 3.63) is 59.8 Å². The van der Waals surface area contributed by atoms with E-state index in [0.29, 0.717) is 17.5 Å². The van der Waals surface area contributed by atoms with Gasteiger partial charge in [0.25, 0.3) is 5.91 Å². The van der Waals surface area contributed by atoms with Gasteiger partial charge in [-0.05, 0) is 55.8 Å². The molecule has 6 nitrogen and oxygen atoms in total. The highest BCUT2D eigenvalue weighted by atomic mass is 32.1. The largest absolute Gasteiger partial charge is 0.494 e. The molecule has 0 saturated heterocycles. The Morgan fingerprint density at radius 3 is 2.78 bits per heavy atom. The van der Waals surface area contributed by atoms with Crippen LogP contribution >= 0.6 is 11.3 Å². The van der Waals surface area contributed by atoms with Crippen LogP contribution in [0.5, 0.6) is 5.75 Å². The van der Waals surface area contributed by atoms with Crippen LogP contribution < -0.4 is 10.1 Å². The predicted octanol–water partition coefficient (Wildman–Crippen LogP) is 4.91. The van der Waals surface area contributed by atoms with Gasteiger partial charge in [-0.25, -0.2) is 4.98 Å². The van der Waals surface area contributed by atoms with E-state index in [-0.39, 0.29) is 11.6 Å². The van der Waals surface area contributed by atoms with E-state index < -0.39 is 0 Å². The van der Waals surface area contributed by atoms with Crippen LogP contribution in [0.4, 0.5) is 5.13 Å². The van der Waals surface area contributed by atoms with Crippen LogP contribution in [0.3, 0.4) is 0 Å². The third-order valence-corrected chi connectivity index (χ3v) is 4.89. The maximum absolute atomic E-state index is 12.5. The lowest BCUT2D eigenvalue weighted by Gasteiger charge is -2.02. The van der Waals surface area contributed by atoms with Gasteiger partial charge in [-0.2, -0.15) is 0 Å². The molecule has 0 spiro atoms. The van der Waals surface area contributed by atoms with E-state index in [0.717, 1.165) is 27.1 Å². The molecule has 27 heavy (non-hydrogen) atoms. The maximum Gasteiger partial charge on any atom is 0.279 e. The monoisotopic (exact) mass is 379 g/mol. The summed E-state index contributed by atoms with van der Waals surface area (Å²) in [6, 6.07) is 15.0. The fourth-order valence-electron chi connectivity index (χ4n) is 2.65. The molecule has 0 aliphatic rings. The lowest BCUT2D eigenvalue weighted by atomic mass is 10.1. The van der Waals surface area contributed by atoms with Crippen molar-refractivity contribution in [2.24, 2.45) is 0 Å². The number of aromatic nitrogens is 2. The molecule has 0 atom stereocenters. The number of amides is 1. The number of hydrogen-bond donors (Lipinski definition) is 1. The highest BCUT2D eigenvalue weighted by molar-refractivity contribution is 7.22. The van der Waals surface area contributed by atoms with Crippen LogP contribution in [0.2, 0.25) is 0 Å². The summed E-state index contributed by atoms with van der Waals surface area (Å²) >= 11 is 1.43. The topological polar surface area (TPSA) is 77.2 Å². The number of aryl methyl sites for hydroxylation is 1. The summed E-state index contributed by atoms with van der Waals surface area (Å²) in [5.41, 5.74) is 3.03. The third kappa shape index (κ3) is 3.68. The van der Waals surface area contributed by atoms with Gasteiger partial charge >= 0.3 is 0 Å². The van der Waals surface area contributed by atoms with Gasteiger partial charge in [0.05, 0.1) is 16.8 Å². The van der Waals surface area contributed by atoms with Gasteiger partial charge in [-0.3, -0.25) is 10.1 Å².